The number of carbonyl (C=O) groups excluding carboxylic acids is 1. The second-order valence-electron chi connectivity index (χ2n) is 21.8. The van der Waals surface area contributed by atoms with E-state index in [9.17, 15) is 40.0 Å². The predicted octanol–water partition coefficient (Wildman–Crippen LogP) is 4.15. The number of aromatic nitrogens is 3. The van der Waals surface area contributed by atoms with Crippen molar-refractivity contribution in [3.63, 3.8) is 0 Å². The maximum absolute atomic E-state index is 14.7. The Kier molecular flexibility index (Phi) is 20.2. The minimum Gasteiger partial charge on any atom is -0.459 e. The van der Waals surface area contributed by atoms with Gasteiger partial charge in [0.15, 0.2) is 6.29 Å². The normalized spacial score (nSPS) is 40.3. The summed E-state index contributed by atoms with van der Waals surface area (Å²) >= 11 is 0. The van der Waals surface area contributed by atoms with Crippen LogP contribution in [0.4, 0.5) is 4.39 Å². The number of carbonyl (C=O) groups is 1. The van der Waals surface area contributed by atoms with Crippen LogP contribution in [0.15, 0.2) is 30.5 Å². The number of nitriles is 1. The summed E-state index contributed by atoms with van der Waals surface area (Å²) in [6, 6.07) is 6.98. The lowest BCUT2D eigenvalue weighted by molar-refractivity contribution is -0.302. The van der Waals surface area contributed by atoms with Crippen molar-refractivity contribution in [1.29, 1.82) is 5.26 Å². The van der Waals surface area contributed by atoms with E-state index in [-0.39, 0.29) is 25.2 Å². The highest BCUT2D eigenvalue weighted by atomic mass is 19.1. The first-order valence-corrected chi connectivity index (χ1v) is 25.4. The number of nitrogens with zero attached hydrogens (tertiary/aromatic N) is 6. The summed E-state index contributed by atoms with van der Waals surface area (Å²) in [5.74, 6) is -3.27. The molecule has 5 N–H and O–H groups in total. The van der Waals surface area contributed by atoms with Crippen LogP contribution in [-0.2, 0) is 39.6 Å². The molecule has 4 heterocycles. The van der Waals surface area contributed by atoms with Gasteiger partial charge in [-0.1, -0.05) is 45.0 Å². The van der Waals surface area contributed by atoms with Crippen molar-refractivity contribution in [2.45, 2.75) is 197 Å². The van der Waals surface area contributed by atoms with E-state index in [0.717, 1.165) is 0 Å². The highest BCUT2D eigenvalue weighted by molar-refractivity contribution is 5.73. The number of hydrogen-bond acceptors (Lipinski definition) is 17. The molecular weight excluding hydrogens is 920 g/mol. The number of hydrogen-bond donors (Lipinski definition) is 5. The Balaban J connectivity index is 1.46. The van der Waals surface area contributed by atoms with Crippen LogP contribution in [0.2, 0.25) is 0 Å². The Hall–Kier alpha value is -3.23. The maximum atomic E-state index is 14.7. The van der Waals surface area contributed by atoms with Crippen molar-refractivity contribution in [1.82, 2.24) is 24.8 Å². The number of halogens is 1. The molecule has 3 aliphatic heterocycles. The average molecular weight is 1010 g/mol. The predicted molar refractivity (Wildman–Crippen MR) is 261 cm³/mol. The number of ether oxygens (including phenoxy) is 6. The SMILES string of the molecule is CC[C@H]1OC(=O)[C@H](C)[C@@H](C2C[C@@](C)(OC)[C@@H](O)[C@H](C)O2)[C@H](C)[C@@H](O[C@@H]2O[C@H](C)C[C@H](N(C)CCc3cn([C@H](CF)[C@H](OC)c4ccc(C#N)cc4)nn3)[C@H]2O)[C@](C)(O)C[C@@H](C)CN(C)[C@H](C)[C@@H](O)[C@]1(C)O. The largest absolute Gasteiger partial charge is 0.459 e. The maximum Gasteiger partial charge on any atom is 0.309 e. The molecule has 3 aliphatic rings. The summed E-state index contributed by atoms with van der Waals surface area (Å²) in [5, 5.41) is 78.0. The van der Waals surface area contributed by atoms with Crippen molar-refractivity contribution in [2.24, 2.45) is 23.7 Å². The van der Waals surface area contributed by atoms with Crippen molar-refractivity contribution >= 4 is 5.97 Å². The number of aliphatic hydroxyl groups excluding tert-OH is 3. The van der Waals surface area contributed by atoms with Crippen LogP contribution in [0, 0.1) is 35.0 Å². The third kappa shape index (κ3) is 13.2. The van der Waals surface area contributed by atoms with Crippen molar-refractivity contribution in [2.75, 3.05) is 48.1 Å². The molecule has 3 fully saturated rings. The fourth-order valence-corrected chi connectivity index (χ4v) is 11.8. The lowest BCUT2D eigenvalue weighted by Crippen LogP contribution is -2.62. The quantitative estimate of drug-likeness (QED) is 0.167. The van der Waals surface area contributed by atoms with E-state index in [1.165, 1.54) is 25.8 Å². The van der Waals surface area contributed by atoms with Gasteiger partial charge in [-0.15, -0.1) is 5.10 Å². The lowest BCUT2D eigenvalue weighted by atomic mass is 9.68. The van der Waals surface area contributed by atoms with Crippen LogP contribution in [-0.4, -0.2) is 188 Å². The van der Waals surface area contributed by atoms with E-state index < -0.39 is 127 Å². The molecule has 1 unspecified atom stereocenters. The molecule has 18 nitrogen and oxygen atoms in total. The van der Waals surface area contributed by atoms with Gasteiger partial charge in [-0.05, 0) is 104 Å². The summed E-state index contributed by atoms with van der Waals surface area (Å²) < 4.78 is 54.0. The first kappa shape index (κ1) is 58.7. The second kappa shape index (κ2) is 24.4. The van der Waals surface area contributed by atoms with Crippen LogP contribution >= 0.6 is 0 Å². The monoisotopic (exact) mass is 1000 g/mol. The Morgan fingerprint density at radius 3 is 2.27 bits per heavy atom. The topological polar surface area (TPSA) is 235 Å². The molecule has 0 aliphatic carbocycles. The van der Waals surface area contributed by atoms with Gasteiger partial charge in [0.1, 0.15) is 48.8 Å². The van der Waals surface area contributed by atoms with Crippen LogP contribution in [0.5, 0.6) is 0 Å². The lowest BCUT2D eigenvalue weighted by Gasteiger charge is -2.51. The van der Waals surface area contributed by atoms with Gasteiger partial charge < -0.3 is 63.8 Å². The third-order valence-corrected chi connectivity index (χ3v) is 16.2. The van der Waals surface area contributed by atoms with E-state index in [2.05, 4.69) is 16.4 Å². The summed E-state index contributed by atoms with van der Waals surface area (Å²) in [6.45, 7) is 17.8. The smallest absolute Gasteiger partial charge is 0.309 e. The summed E-state index contributed by atoms with van der Waals surface area (Å²) in [6.07, 6.45) is -6.38. The molecule has 1 aromatic carbocycles. The van der Waals surface area contributed by atoms with Crippen LogP contribution in [0.3, 0.4) is 0 Å². The van der Waals surface area contributed by atoms with Gasteiger partial charge in [0.25, 0.3) is 0 Å². The molecule has 19 heteroatoms. The molecule has 0 bridgehead atoms. The van der Waals surface area contributed by atoms with Gasteiger partial charge in [0.05, 0.1) is 58.9 Å². The first-order valence-electron chi connectivity index (χ1n) is 25.4. The molecule has 2 aromatic rings. The molecule has 5 rings (SSSR count). The van der Waals surface area contributed by atoms with Crippen molar-refractivity contribution < 1.29 is 63.1 Å². The van der Waals surface area contributed by atoms with E-state index in [0.29, 0.717) is 42.8 Å². The molecular formula is C52H85FN6O12. The van der Waals surface area contributed by atoms with E-state index >= 15 is 0 Å². The molecule has 0 amide bonds. The average Bonchev–Trinajstić information content (AvgIpc) is 3.80. The zero-order valence-corrected chi connectivity index (χ0v) is 44.5. The highest BCUT2D eigenvalue weighted by Gasteiger charge is 2.55. The van der Waals surface area contributed by atoms with Gasteiger partial charge >= 0.3 is 5.97 Å². The number of likely N-dealkylation sites (N-methyl/N-ethyl adjacent to an activating group) is 2. The van der Waals surface area contributed by atoms with Gasteiger partial charge in [-0.3, -0.25) is 4.79 Å². The van der Waals surface area contributed by atoms with E-state index in [1.54, 1.807) is 72.0 Å². The van der Waals surface area contributed by atoms with Crippen LogP contribution in [0.1, 0.15) is 124 Å². The fourth-order valence-electron chi connectivity index (χ4n) is 11.8. The Labute approximate surface area is 420 Å². The zero-order valence-electron chi connectivity index (χ0n) is 44.5. The number of rotatable bonds is 14. The molecule has 1 aromatic heterocycles. The number of benzene rings is 1. The number of cyclic esters (lactones) is 1. The Morgan fingerprint density at radius 2 is 1.68 bits per heavy atom. The minimum absolute atomic E-state index is 0.168. The molecule has 0 saturated carbocycles. The second-order valence-corrected chi connectivity index (χ2v) is 21.8. The third-order valence-electron chi connectivity index (χ3n) is 16.2. The Bertz CT molecular complexity index is 2040. The van der Waals surface area contributed by atoms with Gasteiger partial charge in [-0.25, -0.2) is 9.07 Å². The number of esters is 1. The standard InChI is InChI=1S/C52H85FN6O12/c1-15-41-52(10,65)45(61)33(6)58(12)27-29(2)23-50(8,64)47(31(4)42(32(5)48(63)70-41)40-24-51(9,67-14)46(62)34(7)69-40)71-49-43(60)38(22-30(3)68-49)57(11)21-20-37-28-59(56-55-37)39(25-53)44(66-13)36-18-16-35(26-54)17-19-36/h16-19,28-34,38-47,49,60-62,64-65H,15,20-25,27H2,1-14H3/t29-,30-,31+,32-,33-,34+,38+,39-,40?,41-,42+,43-,44-,45-,46+,47-,49+,50-,51-,52-/m1/s1. The summed E-state index contributed by atoms with van der Waals surface area (Å²) in [4.78, 5) is 18.5. The molecule has 0 radical (unpaired) electrons. The molecule has 0 spiro atoms. The first-order chi connectivity index (χ1) is 33.3. The van der Waals surface area contributed by atoms with E-state index in [4.69, 9.17) is 28.4 Å². The molecule has 20 atom stereocenters. The number of methoxy groups -OCH3 is 2. The van der Waals surface area contributed by atoms with Gasteiger partial charge in [0.2, 0.25) is 0 Å². The summed E-state index contributed by atoms with van der Waals surface area (Å²) in [7, 11) is 6.73. The molecule has 402 valence electrons. The van der Waals surface area contributed by atoms with Gasteiger partial charge in [0, 0.05) is 64.3 Å². The molecule has 3 saturated heterocycles. The number of aliphatic hydroxyl groups is 5. The van der Waals surface area contributed by atoms with Crippen molar-refractivity contribution in [3.8, 4) is 6.07 Å². The molecule has 71 heavy (non-hydrogen) atoms. The highest BCUT2D eigenvalue weighted by Crippen LogP contribution is 2.45. The number of alkyl halides is 1. The summed E-state index contributed by atoms with van der Waals surface area (Å²) in [5.41, 5.74) is -2.77. The van der Waals surface area contributed by atoms with E-state index in [1.807, 2.05) is 44.7 Å². The van der Waals surface area contributed by atoms with Gasteiger partial charge in [-0.2, -0.15) is 5.26 Å². The fraction of sp³-hybridized carbons (Fsp3) is 0.808. The van der Waals surface area contributed by atoms with Crippen LogP contribution < -0.4 is 0 Å². The van der Waals surface area contributed by atoms with Crippen LogP contribution in [0.25, 0.3) is 0 Å². The zero-order chi connectivity index (χ0) is 52.9. The Morgan fingerprint density at radius 1 is 1.01 bits per heavy atom. The minimum atomic E-state index is -1.83. The van der Waals surface area contributed by atoms with Crippen molar-refractivity contribution in [3.05, 3.63) is 47.3 Å².